The SMILES string of the molecule is CCc1nc(NCCCC2CCN(C)CC2)ncc1-c1nc2c(C)cccc2[nH]1. The van der Waals surface area contributed by atoms with E-state index in [9.17, 15) is 0 Å². The van der Waals surface area contributed by atoms with Crippen molar-refractivity contribution < 1.29 is 0 Å². The van der Waals surface area contributed by atoms with Crippen LogP contribution in [0.25, 0.3) is 22.4 Å². The topological polar surface area (TPSA) is 69.7 Å². The molecule has 1 saturated heterocycles. The highest BCUT2D eigenvalue weighted by Crippen LogP contribution is 2.25. The van der Waals surface area contributed by atoms with Gasteiger partial charge < -0.3 is 15.2 Å². The largest absolute Gasteiger partial charge is 0.354 e. The zero-order valence-electron chi connectivity index (χ0n) is 17.8. The van der Waals surface area contributed by atoms with Gasteiger partial charge in [-0.05, 0) is 76.7 Å². The molecule has 3 aromatic rings. The lowest BCUT2D eigenvalue weighted by molar-refractivity contribution is 0.211. The number of imidazole rings is 1. The Morgan fingerprint density at radius 1 is 1.21 bits per heavy atom. The first-order chi connectivity index (χ1) is 14.1. The van der Waals surface area contributed by atoms with Crippen molar-refractivity contribution >= 4 is 17.0 Å². The molecule has 2 N–H and O–H groups in total. The average molecular weight is 393 g/mol. The smallest absolute Gasteiger partial charge is 0.222 e. The molecule has 0 bridgehead atoms. The predicted octanol–water partition coefficient (Wildman–Crippen LogP) is 4.42. The summed E-state index contributed by atoms with van der Waals surface area (Å²) in [5.74, 6) is 2.44. The van der Waals surface area contributed by atoms with Gasteiger partial charge in [-0.1, -0.05) is 19.1 Å². The van der Waals surface area contributed by atoms with Gasteiger partial charge in [-0.3, -0.25) is 0 Å². The van der Waals surface area contributed by atoms with Crippen LogP contribution in [0.4, 0.5) is 5.95 Å². The maximum Gasteiger partial charge on any atom is 0.222 e. The second-order valence-corrected chi connectivity index (χ2v) is 8.28. The van der Waals surface area contributed by atoms with E-state index in [1.54, 1.807) is 0 Å². The number of H-pyrrole nitrogens is 1. The molecule has 0 amide bonds. The van der Waals surface area contributed by atoms with Gasteiger partial charge in [-0.2, -0.15) is 0 Å². The van der Waals surface area contributed by atoms with E-state index in [2.05, 4.69) is 59.3 Å². The number of nitrogens with zero attached hydrogens (tertiary/aromatic N) is 4. The minimum atomic E-state index is 0.723. The quantitative estimate of drug-likeness (QED) is 0.582. The molecule has 3 heterocycles. The van der Waals surface area contributed by atoms with E-state index in [1.807, 2.05) is 6.20 Å². The minimum Gasteiger partial charge on any atom is -0.354 e. The Morgan fingerprint density at radius 2 is 2.03 bits per heavy atom. The van der Waals surface area contributed by atoms with E-state index < -0.39 is 0 Å². The Balaban J connectivity index is 1.39. The molecule has 1 fully saturated rings. The van der Waals surface area contributed by atoms with Crippen LogP contribution >= 0.6 is 0 Å². The number of fused-ring (bicyclic) bond motifs is 1. The molecule has 0 spiro atoms. The van der Waals surface area contributed by atoms with Gasteiger partial charge in [0, 0.05) is 12.7 Å². The van der Waals surface area contributed by atoms with Gasteiger partial charge in [0.25, 0.3) is 0 Å². The van der Waals surface area contributed by atoms with Crippen molar-refractivity contribution in [3.63, 3.8) is 0 Å². The molecule has 29 heavy (non-hydrogen) atoms. The van der Waals surface area contributed by atoms with E-state index in [4.69, 9.17) is 9.97 Å². The molecule has 0 aliphatic carbocycles. The molecule has 0 unspecified atom stereocenters. The van der Waals surface area contributed by atoms with Gasteiger partial charge >= 0.3 is 0 Å². The summed E-state index contributed by atoms with van der Waals surface area (Å²) in [7, 11) is 2.22. The maximum atomic E-state index is 4.79. The summed E-state index contributed by atoms with van der Waals surface area (Å²) < 4.78 is 0. The first kappa shape index (κ1) is 19.8. The number of likely N-dealkylation sites (tertiary alicyclic amines) is 1. The molecule has 2 aromatic heterocycles. The number of piperidine rings is 1. The number of anilines is 1. The zero-order valence-corrected chi connectivity index (χ0v) is 17.8. The lowest BCUT2D eigenvalue weighted by Gasteiger charge is -2.28. The minimum absolute atomic E-state index is 0.723. The molecule has 1 aliphatic heterocycles. The van der Waals surface area contributed by atoms with Crippen molar-refractivity contribution in [2.75, 3.05) is 32.0 Å². The molecular formula is C23H32N6. The second kappa shape index (κ2) is 8.91. The summed E-state index contributed by atoms with van der Waals surface area (Å²) in [5.41, 5.74) is 5.25. The molecular weight excluding hydrogens is 360 g/mol. The summed E-state index contributed by atoms with van der Waals surface area (Å²) in [6.07, 6.45) is 7.87. The third-order valence-electron chi connectivity index (χ3n) is 6.08. The van der Waals surface area contributed by atoms with Gasteiger partial charge in [0.2, 0.25) is 5.95 Å². The van der Waals surface area contributed by atoms with E-state index in [0.717, 1.165) is 52.9 Å². The highest BCUT2D eigenvalue weighted by Gasteiger charge is 2.16. The van der Waals surface area contributed by atoms with Crippen LogP contribution in [0.5, 0.6) is 0 Å². The lowest BCUT2D eigenvalue weighted by atomic mass is 9.92. The van der Waals surface area contributed by atoms with Crippen LogP contribution in [0.1, 0.15) is 43.9 Å². The molecule has 0 radical (unpaired) electrons. The standard InChI is InChI=1S/C23H32N6/c1-4-19-18(22-26-20-9-5-7-16(2)21(20)28-22)15-25-23(27-19)24-12-6-8-17-10-13-29(3)14-11-17/h5,7,9,15,17H,4,6,8,10-14H2,1-3H3,(H,26,28)(H,24,25,27). The van der Waals surface area contributed by atoms with E-state index in [0.29, 0.717) is 0 Å². The number of rotatable bonds is 7. The number of aryl methyl sites for hydroxylation is 2. The Kier molecular flexibility index (Phi) is 6.09. The normalized spacial score (nSPS) is 15.8. The molecule has 0 atom stereocenters. The zero-order chi connectivity index (χ0) is 20.2. The van der Waals surface area contributed by atoms with Crippen molar-refractivity contribution in [2.24, 2.45) is 5.92 Å². The van der Waals surface area contributed by atoms with E-state index in [1.165, 1.54) is 44.3 Å². The number of hydrogen-bond donors (Lipinski definition) is 2. The van der Waals surface area contributed by atoms with Gasteiger partial charge in [0.05, 0.1) is 22.3 Å². The predicted molar refractivity (Wildman–Crippen MR) is 119 cm³/mol. The van der Waals surface area contributed by atoms with Crippen molar-refractivity contribution in [3.05, 3.63) is 35.7 Å². The first-order valence-electron chi connectivity index (χ1n) is 10.9. The number of para-hydroxylation sites is 1. The van der Waals surface area contributed by atoms with E-state index >= 15 is 0 Å². The number of aromatic amines is 1. The highest BCUT2D eigenvalue weighted by molar-refractivity contribution is 5.82. The highest BCUT2D eigenvalue weighted by atomic mass is 15.1. The fourth-order valence-electron chi connectivity index (χ4n) is 4.21. The fraction of sp³-hybridized carbons (Fsp3) is 0.522. The summed E-state index contributed by atoms with van der Waals surface area (Å²) >= 11 is 0. The van der Waals surface area contributed by atoms with Crippen LogP contribution in [0.15, 0.2) is 24.4 Å². The third-order valence-corrected chi connectivity index (χ3v) is 6.08. The molecule has 0 saturated carbocycles. The van der Waals surface area contributed by atoms with E-state index in [-0.39, 0.29) is 0 Å². The van der Waals surface area contributed by atoms with Crippen molar-refractivity contribution in [1.29, 1.82) is 0 Å². The first-order valence-corrected chi connectivity index (χ1v) is 10.9. The van der Waals surface area contributed by atoms with Crippen molar-refractivity contribution in [1.82, 2.24) is 24.8 Å². The fourth-order valence-corrected chi connectivity index (χ4v) is 4.21. The van der Waals surface area contributed by atoms with Crippen LogP contribution in [-0.2, 0) is 6.42 Å². The molecule has 154 valence electrons. The Hall–Kier alpha value is -2.47. The van der Waals surface area contributed by atoms with Gasteiger partial charge in [0.15, 0.2) is 0 Å². The van der Waals surface area contributed by atoms with Crippen molar-refractivity contribution in [2.45, 2.75) is 46.0 Å². The number of benzene rings is 1. The molecule has 4 rings (SSSR count). The van der Waals surface area contributed by atoms with Crippen LogP contribution in [-0.4, -0.2) is 51.5 Å². The summed E-state index contributed by atoms with van der Waals surface area (Å²) in [5, 5.41) is 3.42. The van der Waals surface area contributed by atoms with Crippen LogP contribution in [0, 0.1) is 12.8 Å². The molecule has 6 nitrogen and oxygen atoms in total. The molecule has 1 aliphatic rings. The van der Waals surface area contributed by atoms with Crippen LogP contribution < -0.4 is 5.32 Å². The summed E-state index contributed by atoms with van der Waals surface area (Å²) in [6.45, 7) is 7.62. The van der Waals surface area contributed by atoms with Crippen LogP contribution in [0.3, 0.4) is 0 Å². The third kappa shape index (κ3) is 4.58. The Morgan fingerprint density at radius 3 is 2.79 bits per heavy atom. The van der Waals surface area contributed by atoms with Crippen LogP contribution in [0.2, 0.25) is 0 Å². The maximum absolute atomic E-state index is 4.79. The molecule has 1 aromatic carbocycles. The number of hydrogen-bond acceptors (Lipinski definition) is 5. The summed E-state index contributed by atoms with van der Waals surface area (Å²) in [6, 6.07) is 6.20. The molecule has 6 heteroatoms. The lowest BCUT2D eigenvalue weighted by Crippen LogP contribution is -2.30. The number of nitrogens with one attached hydrogen (secondary N) is 2. The van der Waals surface area contributed by atoms with Crippen molar-refractivity contribution in [3.8, 4) is 11.4 Å². The van der Waals surface area contributed by atoms with Gasteiger partial charge in [-0.25, -0.2) is 15.0 Å². The second-order valence-electron chi connectivity index (χ2n) is 8.28. The summed E-state index contributed by atoms with van der Waals surface area (Å²) in [4.78, 5) is 20.0. The average Bonchev–Trinajstić information content (AvgIpc) is 3.18. The Labute approximate surface area is 173 Å². The number of aromatic nitrogens is 4. The monoisotopic (exact) mass is 392 g/mol. The van der Waals surface area contributed by atoms with Gasteiger partial charge in [0.1, 0.15) is 5.82 Å². The van der Waals surface area contributed by atoms with Gasteiger partial charge in [-0.15, -0.1) is 0 Å². The Bertz CT molecular complexity index is 955.